The third kappa shape index (κ3) is 3.87. The van der Waals surface area contributed by atoms with E-state index < -0.39 is 5.97 Å². The van der Waals surface area contributed by atoms with Gasteiger partial charge in [-0.15, -0.1) is 11.3 Å². The van der Waals surface area contributed by atoms with E-state index in [2.05, 4.69) is 17.2 Å². The summed E-state index contributed by atoms with van der Waals surface area (Å²) in [4.78, 5) is 15.7. The van der Waals surface area contributed by atoms with Crippen molar-refractivity contribution in [2.45, 2.75) is 33.1 Å². The molecule has 0 atom stereocenters. The SMILES string of the molecule is CCCCNc1nc(C)c(CC(=O)O)s1. The second-order valence-corrected chi connectivity index (χ2v) is 4.46. The summed E-state index contributed by atoms with van der Waals surface area (Å²) in [6.07, 6.45) is 2.31. The number of nitrogens with zero attached hydrogens (tertiary/aromatic N) is 1. The Balaban J connectivity index is 2.56. The standard InChI is InChI=1S/C10H16N2O2S/c1-3-4-5-11-10-12-7(2)8(15-10)6-9(13)14/h3-6H2,1-2H3,(H,11,12)(H,13,14). The van der Waals surface area contributed by atoms with Crippen molar-refractivity contribution in [1.29, 1.82) is 0 Å². The predicted octanol–water partition coefficient (Wildman–Crippen LogP) is 2.29. The van der Waals surface area contributed by atoms with Gasteiger partial charge in [0.1, 0.15) is 0 Å². The van der Waals surface area contributed by atoms with E-state index in [9.17, 15) is 4.79 Å². The van der Waals surface area contributed by atoms with Gasteiger partial charge in [0.25, 0.3) is 0 Å². The second kappa shape index (κ2) is 5.70. The molecule has 5 heteroatoms. The summed E-state index contributed by atoms with van der Waals surface area (Å²) in [7, 11) is 0. The lowest BCUT2D eigenvalue weighted by atomic mass is 10.3. The Hall–Kier alpha value is -1.10. The number of aromatic nitrogens is 1. The molecule has 0 spiro atoms. The molecule has 0 saturated heterocycles. The number of hydrogen-bond donors (Lipinski definition) is 2. The molecule has 0 unspecified atom stereocenters. The molecule has 1 rings (SSSR count). The normalized spacial score (nSPS) is 10.3. The maximum Gasteiger partial charge on any atom is 0.308 e. The van der Waals surface area contributed by atoms with Gasteiger partial charge in [-0.1, -0.05) is 13.3 Å². The number of carbonyl (C=O) groups is 1. The quantitative estimate of drug-likeness (QED) is 0.733. The third-order valence-corrected chi connectivity index (χ3v) is 3.13. The average molecular weight is 228 g/mol. The van der Waals surface area contributed by atoms with Crippen molar-refractivity contribution < 1.29 is 9.90 Å². The maximum absolute atomic E-state index is 10.5. The molecule has 0 radical (unpaired) electrons. The lowest BCUT2D eigenvalue weighted by molar-refractivity contribution is -0.136. The fourth-order valence-electron chi connectivity index (χ4n) is 1.18. The van der Waals surface area contributed by atoms with Crippen molar-refractivity contribution in [3.8, 4) is 0 Å². The van der Waals surface area contributed by atoms with Crippen molar-refractivity contribution >= 4 is 22.4 Å². The molecule has 0 aliphatic rings. The topological polar surface area (TPSA) is 62.2 Å². The molecule has 2 N–H and O–H groups in total. The zero-order chi connectivity index (χ0) is 11.3. The largest absolute Gasteiger partial charge is 0.481 e. The number of thiazole rings is 1. The van der Waals surface area contributed by atoms with Gasteiger partial charge in [0.15, 0.2) is 5.13 Å². The van der Waals surface area contributed by atoms with Gasteiger partial charge in [0.2, 0.25) is 0 Å². The molecule has 0 amide bonds. The fourth-order valence-corrected chi connectivity index (χ4v) is 2.16. The van der Waals surface area contributed by atoms with E-state index >= 15 is 0 Å². The Kier molecular flexibility index (Phi) is 4.55. The van der Waals surface area contributed by atoms with Gasteiger partial charge in [-0.3, -0.25) is 4.79 Å². The van der Waals surface area contributed by atoms with Crippen LogP contribution in [0.4, 0.5) is 5.13 Å². The first-order chi connectivity index (χ1) is 7.13. The van der Waals surface area contributed by atoms with Crippen molar-refractivity contribution in [2.24, 2.45) is 0 Å². The van der Waals surface area contributed by atoms with Crippen LogP contribution >= 0.6 is 11.3 Å². The van der Waals surface area contributed by atoms with Crippen LogP contribution in [0.1, 0.15) is 30.3 Å². The molecular formula is C10H16N2O2S. The highest BCUT2D eigenvalue weighted by Gasteiger charge is 2.10. The second-order valence-electron chi connectivity index (χ2n) is 3.38. The van der Waals surface area contributed by atoms with E-state index in [0.29, 0.717) is 0 Å². The predicted molar refractivity (Wildman–Crippen MR) is 61.6 cm³/mol. The van der Waals surface area contributed by atoms with Gasteiger partial charge in [-0.2, -0.15) is 0 Å². The molecule has 15 heavy (non-hydrogen) atoms. The molecule has 0 saturated carbocycles. The number of hydrogen-bond acceptors (Lipinski definition) is 4. The van der Waals surface area contributed by atoms with Crippen LogP contribution in [-0.4, -0.2) is 22.6 Å². The van der Waals surface area contributed by atoms with E-state index in [1.165, 1.54) is 11.3 Å². The molecule has 1 heterocycles. The fraction of sp³-hybridized carbons (Fsp3) is 0.600. The first kappa shape index (κ1) is 12.0. The van der Waals surface area contributed by atoms with Gasteiger partial charge in [-0.05, 0) is 13.3 Å². The van der Waals surface area contributed by atoms with Gasteiger partial charge in [0.05, 0.1) is 12.1 Å². The number of unbranched alkanes of at least 4 members (excludes halogenated alkanes) is 1. The molecule has 0 fully saturated rings. The molecule has 1 aromatic rings. The van der Waals surface area contributed by atoms with E-state index in [1.807, 2.05) is 6.92 Å². The van der Waals surface area contributed by atoms with E-state index in [4.69, 9.17) is 5.11 Å². The molecule has 0 aliphatic heterocycles. The number of nitrogens with one attached hydrogen (secondary N) is 1. The summed E-state index contributed by atoms with van der Waals surface area (Å²) in [5.41, 5.74) is 0.821. The van der Waals surface area contributed by atoms with Crippen molar-refractivity contribution in [2.75, 3.05) is 11.9 Å². The summed E-state index contributed by atoms with van der Waals surface area (Å²) in [5.74, 6) is -0.804. The van der Waals surface area contributed by atoms with Crippen LogP contribution in [0.3, 0.4) is 0 Å². The van der Waals surface area contributed by atoms with Crippen LogP contribution < -0.4 is 5.32 Å². The average Bonchev–Trinajstić information content (AvgIpc) is 2.47. The van der Waals surface area contributed by atoms with E-state index in [1.54, 1.807) is 0 Å². The summed E-state index contributed by atoms with van der Waals surface area (Å²) in [5, 5.41) is 12.7. The number of rotatable bonds is 6. The molecule has 0 aromatic carbocycles. The maximum atomic E-state index is 10.5. The summed E-state index contributed by atoms with van der Waals surface area (Å²) < 4.78 is 0. The minimum Gasteiger partial charge on any atom is -0.481 e. The molecular weight excluding hydrogens is 212 g/mol. The highest BCUT2D eigenvalue weighted by molar-refractivity contribution is 7.15. The zero-order valence-electron chi connectivity index (χ0n) is 9.04. The summed E-state index contributed by atoms with van der Waals surface area (Å²) >= 11 is 1.44. The zero-order valence-corrected chi connectivity index (χ0v) is 9.86. The van der Waals surface area contributed by atoms with Crippen molar-refractivity contribution in [1.82, 2.24) is 4.98 Å². The smallest absolute Gasteiger partial charge is 0.308 e. The van der Waals surface area contributed by atoms with E-state index in [-0.39, 0.29) is 6.42 Å². The number of anilines is 1. The molecule has 0 aliphatic carbocycles. The van der Waals surface area contributed by atoms with Crippen molar-refractivity contribution in [3.05, 3.63) is 10.6 Å². The van der Waals surface area contributed by atoms with Crippen LogP contribution in [0.15, 0.2) is 0 Å². The highest BCUT2D eigenvalue weighted by atomic mass is 32.1. The lowest BCUT2D eigenvalue weighted by Gasteiger charge is -1.98. The molecule has 84 valence electrons. The van der Waals surface area contributed by atoms with Crippen LogP contribution in [0.2, 0.25) is 0 Å². The van der Waals surface area contributed by atoms with Crippen LogP contribution in [0.5, 0.6) is 0 Å². The summed E-state index contributed by atoms with van der Waals surface area (Å²) in [6.45, 7) is 4.88. The van der Waals surface area contributed by atoms with Gasteiger partial charge >= 0.3 is 5.97 Å². The van der Waals surface area contributed by atoms with Crippen LogP contribution in [-0.2, 0) is 11.2 Å². The minimum atomic E-state index is -0.804. The highest BCUT2D eigenvalue weighted by Crippen LogP contribution is 2.22. The van der Waals surface area contributed by atoms with Gasteiger partial charge in [-0.25, -0.2) is 4.98 Å². The molecule has 0 bridgehead atoms. The minimum absolute atomic E-state index is 0.0684. The number of aryl methyl sites for hydroxylation is 1. The Morgan fingerprint density at radius 2 is 2.33 bits per heavy atom. The van der Waals surface area contributed by atoms with Crippen LogP contribution in [0.25, 0.3) is 0 Å². The first-order valence-electron chi connectivity index (χ1n) is 5.05. The van der Waals surface area contributed by atoms with Gasteiger partial charge < -0.3 is 10.4 Å². The Morgan fingerprint density at radius 1 is 1.60 bits per heavy atom. The number of aliphatic carboxylic acids is 1. The number of carboxylic acid groups (broad SMARTS) is 1. The molecule has 4 nitrogen and oxygen atoms in total. The monoisotopic (exact) mass is 228 g/mol. The number of carboxylic acids is 1. The van der Waals surface area contributed by atoms with E-state index in [0.717, 1.165) is 35.1 Å². The van der Waals surface area contributed by atoms with Gasteiger partial charge in [0, 0.05) is 11.4 Å². The third-order valence-electron chi connectivity index (χ3n) is 2.01. The molecule has 1 aromatic heterocycles. The Bertz CT molecular complexity index is 336. The van der Waals surface area contributed by atoms with Crippen molar-refractivity contribution in [3.63, 3.8) is 0 Å². The Morgan fingerprint density at radius 3 is 2.93 bits per heavy atom. The Labute approximate surface area is 93.4 Å². The van der Waals surface area contributed by atoms with Crippen LogP contribution in [0, 0.1) is 6.92 Å². The first-order valence-corrected chi connectivity index (χ1v) is 5.87. The lowest BCUT2D eigenvalue weighted by Crippen LogP contribution is -1.99. The summed E-state index contributed by atoms with van der Waals surface area (Å²) in [6, 6.07) is 0.